The Labute approximate surface area is 201 Å². The first-order chi connectivity index (χ1) is 16.3. The van der Waals surface area contributed by atoms with Crippen LogP contribution in [0.1, 0.15) is 18.4 Å². The van der Waals surface area contributed by atoms with Gasteiger partial charge in [0.25, 0.3) is 0 Å². The van der Waals surface area contributed by atoms with Crippen molar-refractivity contribution in [3.8, 4) is 17.2 Å². The van der Waals surface area contributed by atoms with Crippen LogP contribution in [0, 0.1) is 6.92 Å². The number of aryl methyl sites for hydroxylation is 1. The van der Waals surface area contributed by atoms with Crippen molar-refractivity contribution in [3.05, 3.63) is 84.4 Å². The molecule has 180 valence electrons. The van der Waals surface area contributed by atoms with E-state index >= 15 is 0 Å². The van der Waals surface area contributed by atoms with E-state index in [0.717, 1.165) is 17.6 Å². The van der Waals surface area contributed by atoms with Gasteiger partial charge >= 0.3 is 0 Å². The molecule has 1 amide bonds. The lowest BCUT2D eigenvalue weighted by Gasteiger charge is -2.24. The summed E-state index contributed by atoms with van der Waals surface area (Å²) >= 11 is 0. The van der Waals surface area contributed by atoms with Crippen molar-refractivity contribution in [2.45, 2.75) is 19.8 Å². The number of nitrogens with zero attached hydrogens (tertiary/aromatic N) is 1. The minimum atomic E-state index is -3.58. The van der Waals surface area contributed by atoms with Gasteiger partial charge in [0.1, 0.15) is 18.1 Å². The van der Waals surface area contributed by atoms with Gasteiger partial charge in [-0.25, -0.2) is 8.42 Å². The minimum absolute atomic E-state index is 0.154. The van der Waals surface area contributed by atoms with Gasteiger partial charge in [-0.3, -0.25) is 9.10 Å². The number of ether oxygens (including phenoxy) is 2. The van der Waals surface area contributed by atoms with E-state index in [1.807, 2.05) is 49.4 Å². The van der Waals surface area contributed by atoms with Crippen LogP contribution in [0.5, 0.6) is 17.2 Å². The molecule has 0 aliphatic carbocycles. The number of sulfonamides is 1. The van der Waals surface area contributed by atoms with E-state index in [9.17, 15) is 13.2 Å². The fourth-order valence-electron chi connectivity index (χ4n) is 3.37. The van der Waals surface area contributed by atoms with Gasteiger partial charge in [-0.2, -0.15) is 0 Å². The zero-order chi connectivity index (χ0) is 24.4. The van der Waals surface area contributed by atoms with E-state index in [-0.39, 0.29) is 18.9 Å². The molecule has 3 aromatic rings. The Bertz CT molecular complexity index is 1180. The molecule has 0 heterocycles. The number of para-hydroxylation sites is 4. The highest BCUT2D eigenvalue weighted by molar-refractivity contribution is 7.92. The molecule has 34 heavy (non-hydrogen) atoms. The molecule has 0 saturated carbocycles. The highest BCUT2D eigenvalue weighted by atomic mass is 32.2. The standard InChI is InChI=1S/C26H30N2O5S/c1-21-11-6-8-15-24(21)32-20-18-27-26(29)17-10-19-28(34(2,30)31)23-14-7-9-16-25(23)33-22-12-4-3-5-13-22/h3-9,11-16H,10,17-20H2,1-2H3,(H,27,29). The van der Waals surface area contributed by atoms with Crippen LogP contribution in [0.4, 0.5) is 5.69 Å². The lowest BCUT2D eigenvalue weighted by Crippen LogP contribution is -2.33. The summed E-state index contributed by atoms with van der Waals surface area (Å²) in [6, 6.07) is 23.8. The smallest absolute Gasteiger partial charge is 0.232 e. The maximum absolute atomic E-state index is 12.5. The van der Waals surface area contributed by atoms with Crippen LogP contribution in [-0.2, 0) is 14.8 Å². The Kier molecular flexibility index (Phi) is 8.93. The largest absolute Gasteiger partial charge is 0.491 e. The van der Waals surface area contributed by atoms with Crippen molar-refractivity contribution in [3.63, 3.8) is 0 Å². The fraction of sp³-hybridized carbons (Fsp3) is 0.269. The van der Waals surface area contributed by atoms with Gasteiger partial charge in [0.05, 0.1) is 18.5 Å². The van der Waals surface area contributed by atoms with Crippen LogP contribution < -0.4 is 19.1 Å². The molecule has 0 bridgehead atoms. The predicted octanol–water partition coefficient (Wildman–Crippen LogP) is 4.53. The highest BCUT2D eigenvalue weighted by Gasteiger charge is 2.21. The van der Waals surface area contributed by atoms with E-state index in [1.54, 1.807) is 36.4 Å². The van der Waals surface area contributed by atoms with E-state index in [4.69, 9.17) is 9.47 Å². The van der Waals surface area contributed by atoms with Gasteiger partial charge in [-0.1, -0.05) is 48.5 Å². The summed E-state index contributed by atoms with van der Waals surface area (Å²) in [6.45, 7) is 2.85. The molecule has 0 aliphatic heterocycles. The predicted molar refractivity (Wildman–Crippen MR) is 134 cm³/mol. The molecule has 0 aliphatic rings. The van der Waals surface area contributed by atoms with E-state index in [2.05, 4.69) is 5.32 Å². The monoisotopic (exact) mass is 482 g/mol. The van der Waals surface area contributed by atoms with Crippen molar-refractivity contribution >= 4 is 21.6 Å². The number of carbonyl (C=O) groups excluding carboxylic acids is 1. The lowest BCUT2D eigenvalue weighted by atomic mass is 10.2. The van der Waals surface area contributed by atoms with Gasteiger partial charge in [0.2, 0.25) is 15.9 Å². The lowest BCUT2D eigenvalue weighted by molar-refractivity contribution is -0.121. The first-order valence-electron chi connectivity index (χ1n) is 11.1. The first-order valence-corrected chi connectivity index (χ1v) is 12.9. The molecule has 7 nitrogen and oxygen atoms in total. The number of anilines is 1. The number of hydrogen-bond donors (Lipinski definition) is 1. The Balaban J connectivity index is 1.53. The van der Waals surface area contributed by atoms with Crippen LogP contribution in [0.15, 0.2) is 78.9 Å². The summed E-state index contributed by atoms with van der Waals surface area (Å²) in [6.07, 6.45) is 1.70. The molecule has 0 unspecified atom stereocenters. The van der Waals surface area contributed by atoms with Crippen LogP contribution in [0.2, 0.25) is 0 Å². The van der Waals surface area contributed by atoms with Crippen LogP contribution in [0.3, 0.4) is 0 Å². The third kappa shape index (κ3) is 7.52. The third-order valence-electron chi connectivity index (χ3n) is 5.05. The average molecular weight is 483 g/mol. The molecule has 8 heteroatoms. The van der Waals surface area contributed by atoms with E-state index in [1.165, 1.54) is 4.31 Å². The molecule has 0 saturated heterocycles. The molecular formula is C26H30N2O5S. The number of carbonyl (C=O) groups is 1. The quantitative estimate of drug-likeness (QED) is 0.384. The Morgan fingerprint density at radius 3 is 2.26 bits per heavy atom. The fourth-order valence-corrected chi connectivity index (χ4v) is 4.34. The highest BCUT2D eigenvalue weighted by Crippen LogP contribution is 2.33. The van der Waals surface area contributed by atoms with Gasteiger partial charge in [-0.15, -0.1) is 0 Å². The Hall–Kier alpha value is -3.52. The van der Waals surface area contributed by atoms with Crippen LogP contribution >= 0.6 is 0 Å². The molecule has 0 fully saturated rings. The second-order valence-corrected chi connectivity index (χ2v) is 9.69. The summed E-state index contributed by atoms with van der Waals surface area (Å²) in [4.78, 5) is 12.2. The average Bonchev–Trinajstić information content (AvgIpc) is 2.81. The zero-order valence-electron chi connectivity index (χ0n) is 19.4. The first kappa shape index (κ1) is 25.1. The van der Waals surface area contributed by atoms with Crippen molar-refractivity contribution in [1.29, 1.82) is 0 Å². The second kappa shape index (κ2) is 12.1. The van der Waals surface area contributed by atoms with Crippen molar-refractivity contribution in [2.75, 3.05) is 30.3 Å². The number of rotatable bonds is 12. The number of hydrogen-bond acceptors (Lipinski definition) is 5. The van der Waals surface area contributed by atoms with Gasteiger partial charge < -0.3 is 14.8 Å². The molecule has 0 atom stereocenters. The third-order valence-corrected chi connectivity index (χ3v) is 6.23. The van der Waals surface area contributed by atoms with Gasteiger partial charge in [-0.05, 0) is 49.2 Å². The Morgan fingerprint density at radius 2 is 1.56 bits per heavy atom. The summed E-state index contributed by atoms with van der Waals surface area (Å²) in [5, 5.41) is 2.81. The maximum Gasteiger partial charge on any atom is 0.232 e. The Morgan fingerprint density at radius 1 is 0.912 bits per heavy atom. The number of nitrogens with one attached hydrogen (secondary N) is 1. The van der Waals surface area contributed by atoms with Crippen LogP contribution in [-0.4, -0.2) is 40.3 Å². The van der Waals surface area contributed by atoms with Crippen molar-refractivity contribution in [2.24, 2.45) is 0 Å². The molecule has 1 N–H and O–H groups in total. The van der Waals surface area contributed by atoms with E-state index in [0.29, 0.717) is 36.8 Å². The molecular weight excluding hydrogens is 452 g/mol. The summed E-state index contributed by atoms with van der Waals surface area (Å²) in [5.41, 5.74) is 1.46. The second-order valence-electron chi connectivity index (χ2n) is 7.79. The number of benzene rings is 3. The number of amides is 1. The van der Waals surface area contributed by atoms with Gasteiger partial charge in [0, 0.05) is 13.0 Å². The maximum atomic E-state index is 12.5. The van der Waals surface area contributed by atoms with E-state index < -0.39 is 10.0 Å². The van der Waals surface area contributed by atoms with Crippen molar-refractivity contribution in [1.82, 2.24) is 5.32 Å². The molecule has 3 aromatic carbocycles. The minimum Gasteiger partial charge on any atom is -0.491 e. The SMILES string of the molecule is Cc1ccccc1OCCNC(=O)CCCN(c1ccccc1Oc1ccccc1)S(C)(=O)=O. The topological polar surface area (TPSA) is 84.9 Å². The zero-order valence-corrected chi connectivity index (χ0v) is 20.3. The molecule has 0 radical (unpaired) electrons. The molecule has 0 aromatic heterocycles. The van der Waals surface area contributed by atoms with Crippen LogP contribution in [0.25, 0.3) is 0 Å². The van der Waals surface area contributed by atoms with Crippen molar-refractivity contribution < 1.29 is 22.7 Å². The molecule has 3 rings (SSSR count). The molecule has 0 spiro atoms. The normalized spacial score (nSPS) is 11.0. The summed E-state index contributed by atoms with van der Waals surface area (Å²) in [5.74, 6) is 1.67. The van der Waals surface area contributed by atoms with Gasteiger partial charge in [0.15, 0.2) is 5.75 Å². The summed E-state index contributed by atoms with van der Waals surface area (Å²) < 4.78 is 38.0. The summed E-state index contributed by atoms with van der Waals surface area (Å²) in [7, 11) is -3.58.